The predicted molar refractivity (Wildman–Crippen MR) is 170 cm³/mol. The summed E-state index contributed by atoms with van der Waals surface area (Å²) in [6.07, 6.45) is 4.59. The fourth-order valence-electron chi connectivity index (χ4n) is 3.98. The topological polar surface area (TPSA) is 138 Å². The Balaban J connectivity index is 0.00000441. The lowest BCUT2D eigenvalue weighted by Gasteiger charge is -2.15. The van der Waals surface area contributed by atoms with E-state index in [2.05, 4.69) is 27.2 Å². The van der Waals surface area contributed by atoms with Crippen molar-refractivity contribution in [3.63, 3.8) is 0 Å². The molecule has 3 rings (SSSR count). The van der Waals surface area contributed by atoms with E-state index in [0.29, 0.717) is 18.9 Å². The van der Waals surface area contributed by atoms with Crippen LogP contribution in [-0.2, 0) is 16.4 Å². The molecule has 1 heterocycles. The molecule has 1 amide bonds. The Kier molecular flexibility index (Phi) is 16.6. The van der Waals surface area contributed by atoms with E-state index in [1.165, 1.54) is 5.56 Å². The highest BCUT2D eigenvalue weighted by atomic mass is 35.5. The van der Waals surface area contributed by atoms with Gasteiger partial charge in [0.05, 0.1) is 24.0 Å². The zero-order chi connectivity index (χ0) is 29.0. The zero-order valence-electron chi connectivity index (χ0n) is 23.9. The maximum atomic E-state index is 12.8. The van der Waals surface area contributed by atoms with Crippen molar-refractivity contribution in [2.75, 3.05) is 32.1 Å². The SMILES string of the molecule is CC(C)COc1cc(-c2ccc(CCCNC[C@H](O)c3cccnc3)cc2)ccc1C(=O)NS(=O)(=O)CCCO.Cl.Cl. The number of rotatable bonds is 16. The maximum Gasteiger partial charge on any atom is 0.268 e. The maximum absolute atomic E-state index is 12.8. The van der Waals surface area contributed by atoms with Crippen LogP contribution in [0.25, 0.3) is 11.1 Å². The summed E-state index contributed by atoms with van der Waals surface area (Å²) < 4.78 is 32.3. The minimum atomic E-state index is -3.87. The van der Waals surface area contributed by atoms with Crippen LogP contribution in [0.2, 0.25) is 0 Å². The largest absolute Gasteiger partial charge is 0.492 e. The fraction of sp³-hybridized carbons (Fsp3) is 0.400. The summed E-state index contributed by atoms with van der Waals surface area (Å²) in [5.41, 5.74) is 3.89. The Bertz CT molecular complexity index is 1330. The minimum absolute atomic E-state index is 0. The van der Waals surface area contributed by atoms with E-state index >= 15 is 0 Å². The van der Waals surface area contributed by atoms with Crippen molar-refractivity contribution in [2.24, 2.45) is 5.92 Å². The van der Waals surface area contributed by atoms with E-state index in [1.807, 2.05) is 38.1 Å². The van der Waals surface area contributed by atoms with Crippen LogP contribution in [0.15, 0.2) is 67.0 Å². The van der Waals surface area contributed by atoms with E-state index in [1.54, 1.807) is 30.6 Å². The minimum Gasteiger partial charge on any atom is -0.492 e. The first-order valence-electron chi connectivity index (χ1n) is 13.5. The van der Waals surface area contributed by atoms with Crippen molar-refractivity contribution in [1.82, 2.24) is 15.0 Å². The molecule has 1 aromatic heterocycles. The van der Waals surface area contributed by atoms with Crippen molar-refractivity contribution < 1.29 is 28.2 Å². The Labute approximate surface area is 261 Å². The lowest BCUT2D eigenvalue weighted by atomic mass is 10.00. The van der Waals surface area contributed by atoms with Crippen LogP contribution >= 0.6 is 24.8 Å². The molecule has 4 N–H and O–H groups in total. The van der Waals surface area contributed by atoms with Gasteiger partial charge >= 0.3 is 0 Å². The van der Waals surface area contributed by atoms with E-state index in [9.17, 15) is 18.3 Å². The van der Waals surface area contributed by atoms with Crippen molar-refractivity contribution >= 4 is 40.7 Å². The van der Waals surface area contributed by atoms with Gasteiger partial charge in [0, 0.05) is 31.1 Å². The number of nitrogens with one attached hydrogen (secondary N) is 2. The first kappa shape index (κ1) is 37.3. The third kappa shape index (κ3) is 12.2. The molecule has 0 saturated heterocycles. The van der Waals surface area contributed by atoms with Gasteiger partial charge < -0.3 is 20.3 Å². The molecule has 3 aromatic rings. The molecule has 0 unspecified atom stereocenters. The molecular weight excluding hydrogens is 601 g/mol. The fourth-order valence-corrected chi connectivity index (χ4v) is 4.98. The smallest absolute Gasteiger partial charge is 0.268 e. The predicted octanol–water partition coefficient (Wildman–Crippen LogP) is 4.32. The monoisotopic (exact) mass is 641 g/mol. The second-order valence-corrected chi connectivity index (χ2v) is 11.9. The lowest BCUT2D eigenvalue weighted by molar-refractivity contribution is 0.0976. The molecule has 1 atom stereocenters. The molecule has 0 saturated carbocycles. The van der Waals surface area contributed by atoms with Gasteiger partial charge in [-0.25, -0.2) is 13.1 Å². The Hall–Kier alpha value is -2.73. The third-order valence-corrected chi connectivity index (χ3v) is 7.45. The second-order valence-electron chi connectivity index (χ2n) is 10.0. The Morgan fingerprint density at radius 3 is 2.38 bits per heavy atom. The normalized spacial score (nSPS) is 11.7. The molecule has 0 radical (unpaired) electrons. The number of aliphatic hydroxyl groups excluding tert-OH is 2. The number of aryl methyl sites for hydroxylation is 1. The van der Waals surface area contributed by atoms with Crippen molar-refractivity contribution in [1.29, 1.82) is 0 Å². The number of aromatic nitrogens is 1. The number of pyridine rings is 1. The molecule has 12 heteroatoms. The van der Waals surface area contributed by atoms with Gasteiger partial charge in [-0.1, -0.05) is 50.2 Å². The first-order valence-corrected chi connectivity index (χ1v) is 15.1. The number of amides is 1. The summed E-state index contributed by atoms with van der Waals surface area (Å²) in [6, 6.07) is 16.9. The molecule has 0 aliphatic carbocycles. The number of hydrogen-bond donors (Lipinski definition) is 4. The highest BCUT2D eigenvalue weighted by Gasteiger charge is 2.20. The average molecular weight is 643 g/mol. The number of hydrogen-bond acceptors (Lipinski definition) is 8. The summed E-state index contributed by atoms with van der Waals surface area (Å²) in [5.74, 6) is -0.587. The van der Waals surface area contributed by atoms with Gasteiger partial charge in [0.2, 0.25) is 10.0 Å². The van der Waals surface area contributed by atoms with Crippen LogP contribution in [-0.4, -0.2) is 61.6 Å². The average Bonchev–Trinajstić information content (AvgIpc) is 2.95. The molecule has 232 valence electrons. The molecular formula is C30H41Cl2N3O6S. The van der Waals surface area contributed by atoms with Crippen molar-refractivity contribution in [3.05, 3.63) is 83.7 Å². The number of sulfonamides is 1. The van der Waals surface area contributed by atoms with E-state index < -0.39 is 22.0 Å². The molecule has 0 aliphatic rings. The third-order valence-electron chi connectivity index (χ3n) is 6.13. The standard InChI is InChI=1S/C30H39N3O6S.2ClH/c1-22(2)21-39-29-18-25(12-13-27(29)30(36)33-40(37,38)17-5-16-34)24-10-8-23(9-11-24)6-3-14-32-20-28(35)26-7-4-15-31-19-26;;/h4,7-13,15,18-19,22,28,32,34-35H,3,5-6,14,16-17,20-21H2,1-2H3,(H,33,36);2*1H/t28-;;/m0../s1. The zero-order valence-corrected chi connectivity index (χ0v) is 26.3. The number of benzene rings is 2. The van der Waals surface area contributed by atoms with Gasteiger partial charge in [-0.05, 0) is 66.6 Å². The molecule has 0 spiro atoms. The molecule has 0 bridgehead atoms. The summed E-state index contributed by atoms with van der Waals surface area (Å²) in [4.78, 5) is 16.8. The van der Waals surface area contributed by atoms with Gasteiger partial charge in [-0.15, -0.1) is 24.8 Å². The van der Waals surface area contributed by atoms with Gasteiger partial charge in [0.15, 0.2) is 0 Å². The lowest BCUT2D eigenvalue weighted by Crippen LogP contribution is -2.33. The Morgan fingerprint density at radius 1 is 1.02 bits per heavy atom. The van der Waals surface area contributed by atoms with Crippen LogP contribution in [0.1, 0.15) is 54.3 Å². The summed E-state index contributed by atoms with van der Waals surface area (Å²) in [5, 5.41) is 22.4. The second kappa shape index (κ2) is 18.7. The number of nitrogens with zero attached hydrogens (tertiary/aromatic N) is 1. The van der Waals surface area contributed by atoms with Crippen LogP contribution in [0, 0.1) is 5.92 Å². The molecule has 2 aromatic carbocycles. The summed E-state index contributed by atoms with van der Waals surface area (Å²) >= 11 is 0. The summed E-state index contributed by atoms with van der Waals surface area (Å²) in [7, 11) is -3.87. The number of ether oxygens (including phenoxy) is 1. The quantitative estimate of drug-likeness (QED) is 0.170. The van der Waals surface area contributed by atoms with E-state index in [0.717, 1.165) is 36.1 Å². The van der Waals surface area contributed by atoms with Crippen LogP contribution in [0.4, 0.5) is 0 Å². The highest BCUT2D eigenvalue weighted by molar-refractivity contribution is 7.90. The van der Waals surface area contributed by atoms with Gasteiger partial charge in [0.1, 0.15) is 5.75 Å². The van der Waals surface area contributed by atoms with Gasteiger partial charge in [0.25, 0.3) is 5.91 Å². The van der Waals surface area contributed by atoms with Crippen LogP contribution in [0.5, 0.6) is 5.75 Å². The molecule has 9 nitrogen and oxygen atoms in total. The van der Waals surface area contributed by atoms with E-state index in [-0.39, 0.29) is 55.1 Å². The van der Waals surface area contributed by atoms with Crippen molar-refractivity contribution in [3.8, 4) is 16.9 Å². The summed E-state index contributed by atoms with van der Waals surface area (Å²) in [6.45, 7) is 5.30. The van der Waals surface area contributed by atoms with Gasteiger partial charge in [-0.3, -0.25) is 9.78 Å². The molecule has 42 heavy (non-hydrogen) atoms. The van der Waals surface area contributed by atoms with Crippen LogP contribution < -0.4 is 14.8 Å². The number of aliphatic hydroxyl groups is 2. The van der Waals surface area contributed by atoms with E-state index in [4.69, 9.17) is 9.84 Å². The highest BCUT2D eigenvalue weighted by Crippen LogP contribution is 2.28. The van der Waals surface area contributed by atoms with Gasteiger partial charge in [-0.2, -0.15) is 0 Å². The number of halogens is 2. The van der Waals surface area contributed by atoms with Crippen LogP contribution in [0.3, 0.4) is 0 Å². The van der Waals surface area contributed by atoms with Crippen molar-refractivity contribution in [2.45, 2.75) is 39.2 Å². The molecule has 0 aliphatic heterocycles. The first-order chi connectivity index (χ1) is 19.2. The molecule has 0 fully saturated rings. The number of carbonyl (C=O) groups excluding carboxylic acids is 1. The Morgan fingerprint density at radius 2 is 1.74 bits per heavy atom. The number of carbonyl (C=O) groups is 1.